The highest BCUT2D eigenvalue weighted by Crippen LogP contribution is 2.34. The molecule has 1 heterocycles. The van der Waals surface area contributed by atoms with Gasteiger partial charge < -0.3 is 4.90 Å². The van der Waals surface area contributed by atoms with Crippen LogP contribution in [0.5, 0.6) is 0 Å². The van der Waals surface area contributed by atoms with Crippen LogP contribution >= 0.6 is 11.3 Å². The van der Waals surface area contributed by atoms with Gasteiger partial charge in [-0.2, -0.15) is 18.4 Å². The number of likely N-dealkylation sites (N-methyl/N-ethyl adjacent to an activating group) is 1. The first-order valence-corrected chi connectivity index (χ1v) is 7.00. The SMILES string of the molecule is CN(CCc1nccs1)c1ccc(C#N)c(C(F)(F)F)c1. The lowest BCUT2D eigenvalue weighted by molar-refractivity contribution is -0.137. The predicted octanol–water partition coefficient (Wildman–Crippen LogP) is 3.71. The lowest BCUT2D eigenvalue weighted by Gasteiger charge is -2.20. The van der Waals surface area contributed by atoms with Gasteiger partial charge in [-0.1, -0.05) is 0 Å². The number of hydrogen-bond donors (Lipinski definition) is 0. The van der Waals surface area contributed by atoms with Gasteiger partial charge in [0.05, 0.1) is 22.2 Å². The Morgan fingerprint density at radius 1 is 1.38 bits per heavy atom. The molecule has 1 aromatic carbocycles. The number of hydrogen-bond acceptors (Lipinski definition) is 4. The summed E-state index contributed by atoms with van der Waals surface area (Å²) in [5, 5.41) is 11.6. The predicted molar refractivity (Wildman–Crippen MR) is 75.2 cm³/mol. The maximum atomic E-state index is 12.9. The van der Waals surface area contributed by atoms with Crippen molar-refractivity contribution in [3.63, 3.8) is 0 Å². The van der Waals surface area contributed by atoms with Crippen LogP contribution in [-0.4, -0.2) is 18.6 Å². The molecule has 2 aromatic rings. The van der Waals surface area contributed by atoms with Crippen LogP contribution < -0.4 is 4.90 Å². The van der Waals surface area contributed by atoms with Crippen LogP contribution in [0.15, 0.2) is 29.8 Å². The fourth-order valence-electron chi connectivity index (χ4n) is 1.87. The van der Waals surface area contributed by atoms with E-state index in [9.17, 15) is 13.2 Å². The first-order chi connectivity index (χ1) is 9.91. The van der Waals surface area contributed by atoms with Crippen molar-refractivity contribution in [1.29, 1.82) is 5.26 Å². The normalized spacial score (nSPS) is 11.2. The van der Waals surface area contributed by atoms with Gasteiger partial charge in [0.25, 0.3) is 0 Å². The molecule has 21 heavy (non-hydrogen) atoms. The highest BCUT2D eigenvalue weighted by molar-refractivity contribution is 7.09. The summed E-state index contributed by atoms with van der Waals surface area (Å²) >= 11 is 1.51. The van der Waals surface area contributed by atoms with Crippen molar-refractivity contribution in [2.75, 3.05) is 18.5 Å². The molecule has 0 saturated heterocycles. The van der Waals surface area contributed by atoms with Gasteiger partial charge in [-0.15, -0.1) is 11.3 Å². The average Bonchev–Trinajstić information content (AvgIpc) is 2.96. The van der Waals surface area contributed by atoms with Gasteiger partial charge in [-0.25, -0.2) is 4.98 Å². The quantitative estimate of drug-likeness (QED) is 0.864. The summed E-state index contributed by atoms with van der Waals surface area (Å²) in [5.74, 6) is 0. The number of thiazole rings is 1. The van der Waals surface area contributed by atoms with Crippen molar-refractivity contribution in [2.24, 2.45) is 0 Å². The van der Waals surface area contributed by atoms with E-state index in [1.54, 1.807) is 24.2 Å². The largest absolute Gasteiger partial charge is 0.417 e. The third-order valence-electron chi connectivity index (χ3n) is 3.01. The van der Waals surface area contributed by atoms with Gasteiger partial charge >= 0.3 is 6.18 Å². The number of aromatic nitrogens is 1. The molecule has 0 N–H and O–H groups in total. The minimum absolute atomic E-state index is 0.362. The molecular weight excluding hydrogens is 299 g/mol. The number of halogens is 3. The molecule has 0 spiro atoms. The molecule has 1 aromatic heterocycles. The van der Waals surface area contributed by atoms with Gasteiger partial charge in [0, 0.05) is 37.3 Å². The van der Waals surface area contributed by atoms with Crippen LogP contribution in [0.1, 0.15) is 16.1 Å². The fourth-order valence-corrected chi connectivity index (χ4v) is 2.48. The van der Waals surface area contributed by atoms with E-state index >= 15 is 0 Å². The van der Waals surface area contributed by atoms with Crippen LogP contribution in [0.3, 0.4) is 0 Å². The second-order valence-corrected chi connectivity index (χ2v) is 5.42. The minimum atomic E-state index is -4.53. The Kier molecular flexibility index (Phi) is 4.48. The molecule has 0 amide bonds. The van der Waals surface area contributed by atoms with E-state index in [0.29, 0.717) is 18.7 Å². The van der Waals surface area contributed by atoms with Crippen molar-refractivity contribution in [2.45, 2.75) is 12.6 Å². The van der Waals surface area contributed by atoms with Gasteiger partial charge in [0.2, 0.25) is 0 Å². The third kappa shape index (κ3) is 3.73. The minimum Gasteiger partial charge on any atom is -0.374 e. The van der Waals surface area contributed by atoms with Gasteiger partial charge in [0.15, 0.2) is 0 Å². The average molecular weight is 311 g/mol. The lowest BCUT2D eigenvalue weighted by atomic mass is 10.1. The Morgan fingerprint density at radius 3 is 2.71 bits per heavy atom. The van der Waals surface area contributed by atoms with E-state index in [2.05, 4.69) is 4.98 Å². The molecule has 0 bridgehead atoms. The Bertz CT molecular complexity index is 644. The van der Waals surface area contributed by atoms with E-state index in [1.165, 1.54) is 23.5 Å². The van der Waals surface area contributed by atoms with Crippen LogP contribution in [0.4, 0.5) is 18.9 Å². The van der Waals surface area contributed by atoms with E-state index in [1.807, 2.05) is 5.38 Å². The topological polar surface area (TPSA) is 39.9 Å². The summed E-state index contributed by atoms with van der Waals surface area (Å²) in [6.07, 6.45) is -2.17. The number of anilines is 1. The molecule has 0 aliphatic heterocycles. The Hall–Kier alpha value is -2.07. The van der Waals surface area contributed by atoms with E-state index in [4.69, 9.17) is 5.26 Å². The van der Waals surface area contributed by atoms with Gasteiger partial charge in [-0.3, -0.25) is 0 Å². The molecule has 0 radical (unpaired) electrons. The summed E-state index contributed by atoms with van der Waals surface area (Å²) in [6, 6.07) is 5.32. The Balaban J connectivity index is 2.18. The van der Waals surface area contributed by atoms with E-state index < -0.39 is 11.7 Å². The second kappa shape index (κ2) is 6.14. The Morgan fingerprint density at radius 2 is 2.14 bits per heavy atom. The first-order valence-electron chi connectivity index (χ1n) is 6.12. The summed E-state index contributed by atoms with van der Waals surface area (Å²) in [7, 11) is 1.72. The molecule has 7 heteroatoms. The molecular formula is C14H12F3N3S. The lowest BCUT2D eigenvalue weighted by Crippen LogP contribution is -2.21. The van der Waals surface area contributed by atoms with Crippen LogP contribution in [0, 0.1) is 11.3 Å². The first kappa shape index (κ1) is 15.3. The molecule has 2 rings (SSSR count). The number of alkyl halides is 3. The maximum absolute atomic E-state index is 12.9. The molecule has 0 atom stereocenters. The molecule has 0 aliphatic rings. The fraction of sp³-hybridized carbons (Fsp3) is 0.286. The number of nitriles is 1. The number of benzene rings is 1. The van der Waals surface area contributed by atoms with Crippen LogP contribution in [0.25, 0.3) is 0 Å². The van der Waals surface area contributed by atoms with Gasteiger partial charge in [-0.05, 0) is 18.2 Å². The van der Waals surface area contributed by atoms with Crippen molar-refractivity contribution in [3.8, 4) is 6.07 Å². The summed E-state index contributed by atoms with van der Waals surface area (Å²) in [6.45, 7) is 0.552. The maximum Gasteiger partial charge on any atom is 0.417 e. The van der Waals surface area contributed by atoms with Gasteiger partial charge in [0.1, 0.15) is 0 Å². The van der Waals surface area contributed by atoms with E-state index in [0.717, 1.165) is 11.1 Å². The molecule has 0 saturated carbocycles. The monoisotopic (exact) mass is 311 g/mol. The van der Waals surface area contributed by atoms with Crippen molar-refractivity contribution in [3.05, 3.63) is 45.9 Å². The van der Waals surface area contributed by atoms with Crippen molar-refractivity contribution in [1.82, 2.24) is 4.98 Å². The zero-order chi connectivity index (χ0) is 15.5. The van der Waals surface area contributed by atoms with Crippen LogP contribution in [-0.2, 0) is 12.6 Å². The summed E-state index contributed by atoms with van der Waals surface area (Å²) in [4.78, 5) is 5.85. The summed E-state index contributed by atoms with van der Waals surface area (Å²) < 4.78 is 38.7. The third-order valence-corrected chi connectivity index (χ3v) is 3.85. The Labute approximate surface area is 124 Å². The molecule has 0 unspecified atom stereocenters. The molecule has 3 nitrogen and oxygen atoms in total. The number of rotatable bonds is 4. The molecule has 110 valence electrons. The second-order valence-electron chi connectivity index (χ2n) is 4.44. The zero-order valence-electron chi connectivity index (χ0n) is 11.2. The molecule has 0 aliphatic carbocycles. The molecule has 0 fully saturated rings. The van der Waals surface area contributed by atoms with E-state index in [-0.39, 0.29) is 5.56 Å². The smallest absolute Gasteiger partial charge is 0.374 e. The van der Waals surface area contributed by atoms with Crippen molar-refractivity contribution < 1.29 is 13.2 Å². The highest BCUT2D eigenvalue weighted by atomic mass is 32.1. The summed E-state index contributed by atoms with van der Waals surface area (Å²) in [5.41, 5.74) is -0.832. The zero-order valence-corrected chi connectivity index (χ0v) is 12.0. The van der Waals surface area contributed by atoms with Crippen molar-refractivity contribution >= 4 is 17.0 Å². The highest BCUT2D eigenvalue weighted by Gasteiger charge is 2.34. The van der Waals surface area contributed by atoms with Crippen LogP contribution in [0.2, 0.25) is 0 Å². The standard InChI is InChI=1S/C14H12F3N3S/c1-20(6-4-13-19-5-7-21-13)11-3-2-10(9-18)12(8-11)14(15,16)17/h2-3,5,7-8H,4,6H2,1H3. The number of nitrogens with zero attached hydrogens (tertiary/aromatic N) is 3.